The summed E-state index contributed by atoms with van der Waals surface area (Å²) >= 11 is 0. The second-order valence-corrected chi connectivity index (χ2v) is 4.88. The third-order valence-corrected chi connectivity index (χ3v) is 3.56. The van der Waals surface area contributed by atoms with Gasteiger partial charge in [-0.1, -0.05) is 62.6 Å². The summed E-state index contributed by atoms with van der Waals surface area (Å²) in [7, 11) is 2.03. The fraction of sp³-hybridized carbons (Fsp3) is 0.412. The second-order valence-electron chi connectivity index (χ2n) is 4.88. The Balaban J connectivity index is 2.22. The third kappa shape index (κ3) is 2.84. The lowest BCUT2D eigenvalue weighted by Gasteiger charge is -2.12. The molecule has 0 aliphatic carbocycles. The molecule has 0 saturated carbocycles. The van der Waals surface area contributed by atoms with E-state index in [9.17, 15) is 0 Å². The molecule has 0 unspecified atom stereocenters. The number of hydrogen-bond acceptors (Lipinski definition) is 1. The van der Waals surface area contributed by atoms with E-state index < -0.39 is 0 Å². The molecule has 0 spiro atoms. The number of hydrogen-bond donors (Lipinski definition) is 1. The summed E-state index contributed by atoms with van der Waals surface area (Å²) in [4.78, 5) is 0. The van der Waals surface area contributed by atoms with E-state index in [2.05, 4.69) is 48.6 Å². The van der Waals surface area contributed by atoms with Gasteiger partial charge in [-0.3, -0.25) is 0 Å². The molecule has 0 aliphatic rings. The Morgan fingerprint density at radius 3 is 2.56 bits per heavy atom. The van der Waals surface area contributed by atoms with Gasteiger partial charge in [0.15, 0.2) is 0 Å². The smallest absolute Gasteiger partial charge is 0.0449 e. The van der Waals surface area contributed by atoms with Crippen molar-refractivity contribution in [3.05, 3.63) is 42.0 Å². The molecule has 1 N–H and O–H groups in total. The lowest BCUT2D eigenvalue weighted by molar-refractivity contribution is 0.667. The van der Waals surface area contributed by atoms with Crippen LogP contribution in [0.4, 0.5) is 5.69 Å². The normalized spacial score (nSPS) is 10.8. The van der Waals surface area contributed by atoms with Gasteiger partial charge in [0.1, 0.15) is 0 Å². The van der Waals surface area contributed by atoms with Crippen LogP contribution in [0.25, 0.3) is 10.8 Å². The number of benzene rings is 2. The fourth-order valence-electron chi connectivity index (χ4n) is 2.56. The van der Waals surface area contributed by atoms with E-state index in [0.717, 1.165) is 0 Å². The summed E-state index contributed by atoms with van der Waals surface area (Å²) in [5.41, 5.74) is 2.76. The number of rotatable bonds is 6. The molecular formula is C17H23N. The largest absolute Gasteiger partial charge is 0.387 e. The van der Waals surface area contributed by atoms with Gasteiger partial charge in [0.25, 0.3) is 0 Å². The standard InChI is InChI=1S/C17H23N/c1-3-4-5-6-10-15-13-12-14-9-7-8-11-16(14)17(15)18-2/h7-9,11-13,18H,3-6,10H2,1-2H3. The number of anilines is 1. The first-order valence-corrected chi connectivity index (χ1v) is 7.05. The molecule has 0 radical (unpaired) electrons. The van der Waals surface area contributed by atoms with Crippen molar-refractivity contribution in [2.24, 2.45) is 0 Å². The van der Waals surface area contributed by atoms with Crippen LogP contribution in [-0.4, -0.2) is 7.05 Å². The summed E-state index contributed by atoms with van der Waals surface area (Å²) in [5.74, 6) is 0. The Morgan fingerprint density at radius 1 is 0.944 bits per heavy atom. The van der Waals surface area contributed by atoms with E-state index in [-0.39, 0.29) is 0 Å². The van der Waals surface area contributed by atoms with E-state index in [0.29, 0.717) is 0 Å². The van der Waals surface area contributed by atoms with Gasteiger partial charge in [-0.05, 0) is 23.8 Å². The molecular weight excluding hydrogens is 218 g/mol. The summed E-state index contributed by atoms with van der Waals surface area (Å²) in [5, 5.41) is 6.04. The van der Waals surface area contributed by atoms with Gasteiger partial charge in [-0.25, -0.2) is 0 Å². The molecule has 1 nitrogen and oxygen atoms in total. The van der Waals surface area contributed by atoms with E-state index in [1.165, 1.54) is 54.1 Å². The van der Waals surface area contributed by atoms with Crippen molar-refractivity contribution >= 4 is 16.5 Å². The zero-order valence-electron chi connectivity index (χ0n) is 11.5. The molecule has 0 saturated heterocycles. The van der Waals surface area contributed by atoms with E-state index in [1.807, 2.05) is 7.05 Å². The van der Waals surface area contributed by atoms with Crippen LogP contribution < -0.4 is 5.32 Å². The predicted octanol–water partition coefficient (Wildman–Crippen LogP) is 5.00. The Hall–Kier alpha value is -1.50. The molecule has 0 bridgehead atoms. The molecule has 96 valence electrons. The third-order valence-electron chi connectivity index (χ3n) is 3.56. The highest BCUT2D eigenvalue weighted by Gasteiger charge is 2.05. The summed E-state index contributed by atoms with van der Waals surface area (Å²) in [6.07, 6.45) is 6.47. The van der Waals surface area contributed by atoms with Crippen LogP contribution in [0.1, 0.15) is 38.2 Å². The van der Waals surface area contributed by atoms with Crippen LogP contribution in [0, 0.1) is 0 Å². The van der Waals surface area contributed by atoms with Gasteiger partial charge in [0.2, 0.25) is 0 Å². The molecule has 2 aromatic carbocycles. The van der Waals surface area contributed by atoms with Crippen molar-refractivity contribution in [1.29, 1.82) is 0 Å². The first kappa shape index (κ1) is 12.9. The van der Waals surface area contributed by atoms with Gasteiger partial charge >= 0.3 is 0 Å². The number of nitrogens with one attached hydrogen (secondary N) is 1. The Labute approximate surface area is 110 Å². The first-order valence-electron chi connectivity index (χ1n) is 7.05. The Bertz CT molecular complexity index is 502. The van der Waals surface area contributed by atoms with Crippen molar-refractivity contribution in [3.63, 3.8) is 0 Å². The number of fused-ring (bicyclic) bond motifs is 1. The molecule has 0 aromatic heterocycles. The van der Waals surface area contributed by atoms with Gasteiger partial charge in [-0.2, -0.15) is 0 Å². The maximum atomic E-state index is 3.38. The van der Waals surface area contributed by atoms with E-state index in [4.69, 9.17) is 0 Å². The van der Waals surface area contributed by atoms with E-state index in [1.54, 1.807) is 0 Å². The van der Waals surface area contributed by atoms with Gasteiger partial charge in [-0.15, -0.1) is 0 Å². The van der Waals surface area contributed by atoms with Crippen molar-refractivity contribution in [1.82, 2.24) is 0 Å². The summed E-state index contributed by atoms with van der Waals surface area (Å²) in [6.45, 7) is 2.26. The number of unbranched alkanes of at least 4 members (excludes halogenated alkanes) is 3. The van der Waals surface area contributed by atoms with Crippen molar-refractivity contribution in [2.45, 2.75) is 39.0 Å². The van der Waals surface area contributed by atoms with Crippen molar-refractivity contribution in [2.75, 3.05) is 12.4 Å². The van der Waals surface area contributed by atoms with Crippen LogP contribution >= 0.6 is 0 Å². The maximum absolute atomic E-state index is 3.38. The highest BCUT2D eigenvalue weighted by atomic mass is 14.8. The zero-order chi connectivity index (χ0) is 12.8. The monoisotopic (exact) mass is 241 g/mol. The van der Waals surface area contributed by atoms with Gasteiger partial charge < -0.3 is 5.32 Å². The van der Waals surface area contributed by atoms with Crippen molar-refractivity contribution < 1.29 is 0 Å². The van der Waals surface area contributed by atoms with Crippen LogP contribution in [0.2, 0.25) is 0 Å². The molecule has 18 heavy (non-hydrogen) atoms. The highest BCUT2D eigenvalue weighted by Crippen LogP contribution is 2.28. The first-order chi connectivity index (χ1) is 8.86. The minimum atomic E-state index is 1.18. The minimum absolute atomic E-state index is 1.18. The summed E-state index contributed by atoms with van der Waals surface area (Å²) in [6, 6.07) is 13.1. The maximum Gasteiger partial charge on any atom is 0.0449 e. The molecule has 1 heteroatoms. The highest BCUT2D eigenvalue weighted by molar-refractivity contribution is 5.95. The Morgan fingerprint density at radius 2 is 1.78 bits per heavy atom. The molecule has 0 atom stereocenters. The van der Waals surface area contributed by atoms with Crippen molar-refractivity contribution in [3.8, 4) is 0 Å². The average molecular weight is 241 g/mol. The number of aryl methyl sites for hydroxylation is 1. The van der Waals surface area contributed by atoms with Crippen LogP contribution in [0.5, 0.6) is 0 Å². The zero-order valence-corrected chi connectivity index (χ0v) is 11.5. The lowest BCUT2D eigenvalue weighted by atomic mass is 9.99. The predicted molar refractivity (Wildman–Crippen MR) is 81.3 cm³/mol. The van der Waals surface area contributed by atoms with Crippen LogP contribution in [0.15, 0.2) is 36.4 Å². The second kappa shape index (κ2) is 6.44. The topological polar surface area (TPSA) is 12.0 Å². The molecule has 0 amide bonds. The minimum Gasteiger partial charge on any atom is -0.387 e. The fourth-order valence-corrected chi connectivity index (χ4v) is 2.56. The lowest BCUT2D eigenvalue weighted by Crippen LogP contribution is -1.97. The summed E-state index contributed by atoms with van der Waals surface area (Å²) < 4.78 is 0. The van der Waals surface area contributed by atoms with E-state index >= 15 is 0 Å². The van der Waals surface area contributed by atoms with Gasteiger partial charge in [0.05, 0.1) is 0 Å². The quantitative estimate of drug-likeness (QED) is 0.701. The molecule has 0 aliphatic heterocycles. The SMILES string of the molecule is CCCCCCc1ccc2ccccc2c1NC. The average Bonchev–Trinajstić information content (AvgIpc) is 2.43. The molecule has 0 heterocycles. The van der Waals surface area contributed by atoms with Crippen LogP contribution in [-0.2, 0) is 6.42 Å². The molecule has 0 fully saturated rings. The Kier molecular flexibility index (Phi) is 4.63. The molecule has 2 rings (SSSR count). The molecule has 2 aromatic rings. The van der Waals surface area contributed by atoms with Gasteiger partial charge in [0, 0.05) is 18.1 Å². The van der Waals surface area contributed by atoms with Crippen LogP contribution in [0.3, 0.4) is 0 Å².